The maximum atomic E-state index is 12.0. The number of nitrogens with one attached hydrogen (secondary N) is 3. The molecule has 0 radical (unpaired) electrons. The van der Waals surface area contributed by atoms with Crippen LogP contribution in [0.3, 0.4) is 0 Å². The predicted molar refractivity (Wildman–Crippen MR) is 80.9 cm³/mol. The van der Waals surface area contributed by atoms with Crippen molar-refractivity contribution in [2.75, 3.05) is 19.7 Å². The van der Waals surface area contributed by atoms with Crippen LogP contribution in [0.25, 0.3) is 11.0 Å². The molecule has 0 aliphatic heterocycles. The molecule has 2 amide bonds. The number of ether oxygens (including phenoxy) is 1. The Labute approximate surface area is 126 Å². The quantitative estimate of drug-likeness (QED) is 0.693. The van der Waals surface area contributed by atoms with E-state index in [4.69, 9.17) is 4.74 Å². The SMILES string of the molecule is CCOC(=O)NCCNC(=O)c1ccc2c(c1)[nH]c(=O)n2C. The Morgan fingerprint density at radius 3 is 2.73 bits per heavy atom. The average Bonchev–Trinajstić information content (AvgIpc) is 2.78. The minimum Gasteiger partial charge on any atom is -0.450 e. The van der Waals surface area contributed by atoms with E-state index in [-0.39, 0.29) is 24.7 Å². The number of aromatic nitrogens is 2. The van der Waals surface area contributed by atoms with Crippen LogP contribution in [0.5, 0.6) is 0 Å². The van der Waals surface area contributed by atoms with E-state index in [2.05, 4.69) is 15.6 Å². The highest BCUT2D eigenvalue weighted by Gasteiger charge is 2.09. The smallest absolute Gasteiger partial charge is 0.407 e. The summed E-state index contributed by atoms with van der Waals surface area (Å²) in [5, 5.41) is 5.18. The number of benzene rings is 1. The molecule has 2 aromatic rings. The highest BCUT2D eigenvalue weighted by Crippen LogP contribution is 2.11. The van der Waals surface area contributed by atoms with Crippen LogP contribution in [-0.4, -0.2) is 41.2 Å². The maximum absolute atomic E-state index is 12.0. The van der Waals surface area contributed by atoms with Crippen LogP contribution in [0.4, 0.5) is 4.79 Å². The number of nitrogens with zero attached hydrogens (tertiary/aromatic N) is 1. The van der Waals surface area contributed by atoms with Gasteiger partial charge in [0, 0.05) is 25.7 Å². The Kier molecular flexibility index (Phi) is 4.82. The maximum Gasteiger partial charge on any atom is 0.407 e. The largest absolute Gasteiger partial charge is 0.450 e. The summed E-state index contributed by atoms with van der Waals surface area (Å²) in [4.78, 5) is 37.2. The first-order chi connectivity index (χ1) is 10.5. The molecule has 1 heterocycles. The van der Waals surface area contributed by atoms with Crippen molar-refractivity contribution in [1.82, 2.24) is 20.2 Å². The highest BCUT2D eigenvalue weighted by atomic mass is 16.5. The second-order valence-electron chi connectivity index (χ2n) is 4.62. The lowest BCUT2D eigenvalue weighted by Crippen LogP contribution is -2.34. The molecule has 8 heteroatoms. The minimum absolute atomic E-state index is 0.230. The number of aryl methyl sites for hydroxylation is 1. The molecule has 22 heavy (non-hydrogen) atoms. The second-order valence-corrected chi connectivity index (χ2v) is 4.62. The van der Waals surface area contributed by atoms with Gasteiger partial charge in [-0.3, -0.25) is 9.36 Å². The number of hydrogen-bond acceptors (Lipinski definition) is 4. The molecule has 0 aliphatic rings. The first-order valence-corrected chi connectivity index (χ1v) is 6.90. The summed E-state index contributed by atoms with van der Waals surface area (Å²) >= 11 is 0. The zero-order valence-electron chi connectivity index (χ0n) is 12.4. The van der Waals surface area contributed by atoms with Crippen LogP contribution < -0.4 is 16.3 Å². The molecule has 1 aromatic heterocycles. The van der Waals surface area contributed by atoms with Crippen LogP contribution in [0.1, 0.15) is 17.3 Å². The summed E-state index contributed by atoms with van der Waals surface area (Å²) < 4.78 is 6.17. The van der Waals surface area contributed by atoms with E-state index in [1.54, 1.807) is 32.2 Å². The Morgan fingerprint density at radius 2 is 2.00 bits per heavy atom. The molecule has 1 aromatic carbocycles. The third-order valence-electron chi connectivity index (χ3n) is 3.12. The zero-order valence-corrected chi connectivity index (χ0v) is 12.4. The number of amides is 2. The molecular weight excluding hydrogens is 288 g/mol. The van der Waals surface area contributed by atoms with Gasteiger partial charge in [-0.05, 0) is 25.1 Å². The number of alkyl carbamates (subject to hydrolysis) is 1. The number of H-pyrrole nitrogens is 1. The Balaban J connectivity index is 1.93. The highest BCUT2D eigenvalue weighted by molar-refractivity contribution is 5.97. The van der Waals surface area contributed by atoms with Crippen molar-refractivity contribution in [1.29, 1.82) is 0 Å². The summed E-state index contributed by atoms with van der Waals surface area (Å²) in [5.74, 6) is -0.280. The summed E-state index contributed by atoms with van der Waals surface area (Å²) in [7, 11) is 1.65. The van der Waals surface area contributed by atoms with Gasteiger partial charge < -0.3 is 20.4 Å². The van der Waals surface area contributed by atoms with Crippen LogP contribution in [-0.2, 0) is 11.8 Å². The Bertz CT molecular complexity index is 747. The van der Waals surface area contributed by atoms with Crippen molar-refractivity contribution in [3.8, 4) is 0 Å². The third kappa shape index (κ3) is 3.46. The van der Waals surface area contributed by atoms with E-state index in [0.717, 1.165) is 5.52 Å². The van der Waals surface area contributed by atoms with Gasteiger partial charge in [-0.2, -0.15) is 0 Å². The molecular formula is C14H18N4O4. The van der Waals surface area contributed by atoms with E-state index in [1.807, 2.05) is 0 Å². The number of hydrogen-bond donors (Lipinski definition) is 3. The van der Waals surface area contributed by atoms with Crippen LogP contribution >= 0.6 is 0 Å². The summed E-state index contributed by atoms with van der Waals surface area (Å²) in [6.45, 7) is 2.56. The fraction of sp³-hybridized carbons (Fsp3) is 0.357. The van der Waals surface area contributed by atoms with Crippen molar-refractivity contribution in [3.63, 3.8) is 0 Å². The fourth-order valence-corrected chi connectivity index (χ4v) is 2.00. The summed E-state index contributed by atoms with van der Waals surface area (Å²) in [6, 6.07) is 4.97. The van der Waals surface area contributed by atoms with Crippen molar-refractivity contribution < 1.29 is 14.3 Å². The van der Waals surface area contributed by atoms with Crippen LogP contribution in [0.15, 0.2) is 23.0 Å². The first-order valence-electron chi connectivity index (χ1n) is 6.90. The molecule has 3 N–H and O–H groups in total. The molecule has 0 spiro atoms. The molecule has 0 saturated heterocycles. The standard InChI is InChI=1S/C14H18N4O4/c1-3-22-14(21)16-7-6-15-12(19)9-4-5-11-10(8-9)17-13(20)18(11)2/h4-5,8H,3,6-7H2,1-2H3,(H,15,19)(H,16,21)(H,17,20). The van der Waals surface area contributed by atoms with Gasteiger partial charge in [0.1, 0.15) is 0 Å². The van der Waals surface area contributed by atoms with Gasteiger partial charge in [0.15, 0.2) is 0 Å². The van der Waals surface area contributed by atoms with E-state index in [0.29, 0.717) is 17.7 Å². The van der Waals surface area contributed by atoms with Gasteiger partial charge in [-0.1, -0.05) is 0 Å². The second kappa shape index (κ2) is 6.79. The monoisotopic (exact) mass is 306 g/mol. The molecule has 0 fully saturated rings. The van der Waals surface area contributed by atoms with Crippen molar-refractivity contribution in [3.05, 3.63) is 34.2 Å². The normalized spacial score (nSPS) is 10.5. The van der Waals surface area contributed by atoms with E-state index >= 15 is 0 Å². The molecule has 118 valence electrons. The lowest BCUT2D eigenvalue weighted by Gasteiger charge is -2.07. The van der Waals surface area contributed by atoms with Gasteiger partial charge in [-0.25, -0.2) is 9.59 Å². The molecule has 0 unspecified atom stereocenters. The molecule has 0 bridgehead atoms. The minimum atomic E-state index is -0.514. The van der Waals surface area contributed by atoms with Crippen LogP contribution in [0, 0.1) is 0 Å². The van der Waals surface area contributed by atoms with Crippen LogP contribution in [0.2, 0.25) is 0 Å². The van der Waals surface area contributed by atoms with Crippen molar-refractivity contribution in [2.45, 2.75) is 6.92 Å². The van der Waals surface area contributed by atoms with E-state index in [9.17, 15) is 14.4 Å². The Hall–Kier alpha value is -2.77. The van der Waals surface area contributed by atoms with E-state index in [1.165, 1.54) is 4.57 Å². The van der Waals surface area contributed by atoms with Gasteiger partial charge in [-0.15, -0.1) is 0 Å². The van der Waals surface area contributed by atoms with Gasteiger partial charge >= 0.3 is 11.8 Å². The topological polar surface area (TPSA) is 105 Å². The van der Waals surface area contributed by atoms with Gasteiger partial charge in [0.2, 0.25) is 0 Å². The van der Waals surface area contributed by atoms with Crippen molar-refractivity contribution in [2.24, 2.45) is 7.05 Å². The molecule has 0 aliphatic carbocycles. The Morgan fingerprint density at radius 1 is 1.27 bits per heavy atom. The average molecular weight is 306 g/mol. The number of rotatable bonds is 5. The lowest BCUT2D eigenvalue weighted by atomic mass is 10.2. The lowest BCUT2D eigenvalue weighted by molar-refractivity contribution is 0.0952. The number of fused-ring (bicyclic) bond motifs is 1. The first kappa shape index (κ1) is 15.6. The van der Waals surface area contributed by atoms with E-state index < -0.39 is 6.09 Å². The molecule has 0 saturated carbocycles. The third-order valence-corrected chi connectivity index (χ3v) is 3.12. The summed E-state index contributed by atoms with van der Waals surface area (Å²) in [6.07, 6.45) is -0.514. The number of carbonyl (C=O) groups excluding carboxylic acids is 2. The van der Waals surface area contributed by atoms with Gasteiger partial charge in [0.25, 0.3) is 5.91 Å². The molecule has 8 nitrogen and oxygen atoms in total. The fourth-order valence-electron chi connectivity index (χ4n) is 2.00. The molecule has 2 rings (SSSR count). The predicted octanol–water partition coefficient (Wildman–Crippen LogP) is 0.342. The number of carbonyl (C=O) groups is 2. The zero-order chi connectivity index (χ0) is 16.1. The summed E-state index contributed by atoms with van der Waals surface area (Å²) in [5.41, 5.74) is 1.53. The number of imidazole rings is 1. The van der Waals surface area contributed by atoms with Gasteiger partial charge in [0.05, 0.1) is 17.6 Å². The van der Waals surface area contributed by atoms with Crippen molar-refractivity contribution >= 4 is 23.0 Å². The number of aromatic amines is 1. The molecule has 0 atom stereocenters.